The van der Waals surface area contributed by atoms with Crippen LogP contribution in [0.5, 0.6) is 0 Å². The predicted molar refractivity (Wildman–Crippen MR) is 86.1 cm³/mol. The van der Waals surface area contributed by atoms with Crippen LogP contribution in [0.1, 0.15) is 54.7 Å². The molecular formula is C16H25N3S. The van der Waals surface area contributed by atoms with Gasteiger partial charge in [-0.05, 0) is 38.1 Å². The molecule has 3 nitrogen and oxygen atoms in total. The molecule has 0 aliphatic heterocycles. The third-order valence-electron chi connectivity index (χ3n) is 3.94. The summed E-state index contributed by atoms with van der Waals surface area (Å²) in [6, 6.07) is 5.04. The number of aromatic nitrogens is 2. The summed E-state index contributed by atoms with van der Waals surface area (Å²) in [5, 5.41) is 10.5. The number of nitrogens with one attached hydrogen (secondary N) is 1. The molecule has 2 rings (SSSR count). The van der Waals surface area contributed by atoms with Gasteiger partial charge in [0.25, 0.3) is 0 Å². The van der Waals surface area contributed by atoms with Crippen LogP contribution >= 0.6 is 11.3 Å². The lowest BCUT2D eigenvalue weighted by molar-refractivity contribution is 0.378. The van der Waals surface area contributed by atoms with Crippen molar-refractivity contribution in [3.05, 3.63) is 39.3 Å². The lowest BCUT2D eigenvalue weighted by atomic mass is 9.99. The number of rotatable bonds is 5. The van der Waals surface area contributed by atoms with E-state index in [1.807, 2.05) is 23.1 Å². The van der Waals surface area contributed by atoms with Crippen molar-refractivity contribution >= 4 is 11.3 Å². The van der Waals surface area contributed by atoms with Crippen molar-refractivity contribution in [1.82, 2.24) is 15.1 Å². The van der Waals surface area contributed by atoms with E-state index in [0.717, 1.165) is 5.69 Å². The van der Waals surface area contributed by atoms with Crippen molar-refractivity contribution in [2.24, 2.45) is 13.0 Å². The fourth-order valence-corrected chi connectivity index (χ4v) is 3.80. The zero-order valence-corrected chi connectivity index (χ0v) is 14.1. The second-order valence-electron chi connectivity index (χ2n) is 5.83. The summed E-state index contributed by atoms with van der Waals surface area (Å²) in [6.45, 7) is 11.0. The molecule has 0 aliphatic rings. The molecule has 20 heavy (non-hydrogen) atoms. The van der Waals surface area contributed by atoms with E-state index >= 15 is 0 Å². The van der Waals surface area contributed by atoms with Crippen LogP contribution < -0.4 is 5.32 Å². The largest absolute Gasteiger partial charge is 0.302 e. The molecule has 4 heteroatoms. The molecule has 0 aromatic carbocycles. The highest BCUT2D eigenvalue weighted by Crippen LogP contribution is 2.30. The van der Waals surface area contributed by atoms with E-state index in [1.165, 1.54) is 16.1 Å². The molecule has 0 saturated carbocycles. The number of hydrogen-bond donors (Lipinski definition) is 1. The first-order chi connectivity index (χ1) is 9.41. The van der Waals surface area contributed by atoms with Crippen LogP contribution in [0, 0.1) is 19.8 Å². The van der Waals surface area contributed by atoms with E-state index in [1.54, 1.807) is 0 Å². The summed E-state index contributed by atoms with van der Waals surface area (Å²) in [5.74, 6) is 0.563. The van der Waals surface area contributed by atoms with E-state index in [0.29, 0.717) is 18.0 Å². The van der Waals surface area contributed by atoms with Crippen LogP contribution in [0.2, 0.25) is 0 Å². The Labute approximate surface area is 126 Å². The van der Waals surface area contributed by atoms with Crippen LogP contribution in [0.25, 0.3) is 0 Å². The highest BCUT2D eigenvalue weighted by molar-refractivity contribution is 7.10. The molecule has 2 aromatic rings. The van der Waals surface area contributed by atoms with Gasteiger partial charge in [-0.3, -0.25) is 4.68 Å². The van der Waals surface area contributed by atoms with Gasteiger partial charge in [0.2, 0.25) is 0 Å². The Balaban J connectivity index is 2.23. The Morgan fingerprint density at radius 2 is 1.95 bits per heavy atom. The second-order valence-corrected chi connectivity index (χ2v) is 6.81. The first-order valence-electron chi connectivity index (χ1n) is 7.21. The Bertz CT molecular complexity index is 555. The SMILES string of the molecule is Cc1nn(C)c(C)c1C(C)NC(c1cccs1)C(C)C. The van der Waals surface area contributed by atoms with Crippen LogP contribution in [-0.4, -0.2) is 9.78 Å². The molecule has 0 radical (unpaired) electrons. The fraction of sp³-hybridized carbons (Fsp3) is 0.562. The number of thiophene rings is 1. The fourth-order valence-electron chi connectivity index (χ4n) is 2.84. The van der Waals surface area contributed by atoms with Gasteiger partial charge in [-0.1, -0.05) is 19.9 Å². The molecule has 2 aromatic heterocycles. The smallest absolute Gasteiger partial charge is 0.0644 e. The Kier molecular flexibility index (Phi) is 4.66. The first kappa shape index (κ1) is 15.3. The third kappa shape index (κ3) is 2.96. The Morgan fingerprint density at radius 3 is 2.40 bits per heavy atom. The van der Waals surface area contributed by atoms with Crippen LogP contribution in [0.4, 0.5) is 0 Å². The molecule has 1 N–H and O–H groups in total. The zero-order valence-electron chi connectivity index (χ0n) is 13.3. The maximum atomic E-state index is 4.53. The van der Waals surface area contributed by atoms with E-state index < -0.39 is 0 Å². The average molecular weight is 291 g/mol. The maximum absolute atomic E-state index is 4.53. The van der Waals surface area contributed by atoms with Gasteiger partial charge < -0.3 is 5.32 Å². The minimum absolute atomic E-state index is 0.304. The van der Waals surface area contributed by atoms with E-state index in [-0.39, 0.29) is 0 Å². The molecule has 0 saturated heterocycles. The van der Waals surface area contributed by atoms with Crippen molar-refractivity contribution in [1.29, 1.82) is 0 Å². The van der Waals surface area contributed by atoms with Gasteiger partial charge in [0.05, 0.1) is 5.69 Å². The van der Waals surface area contributed by atoms with Gasteiger partial charge in [-0.25, -0.2) is 0 Å². The van der Waals surface area contributed by atoms with E-state index in [9.17, 15) is 0 Å². The molecule has 0 fully saturated rings. The molecule has 2 atom stereocenters. The maximum Gasteiger partial charge on any atom is 0.0644 e. The summed E-state index contributed by atoms with van der Waals surface area (Å²) in [5.41, 5.74) is 3.70. The molecule has 0 bridgehead atoms. The minimum atomic E-state index is 0.304. The van der Waals surface area contributed by atoms with Gasteiger partial charge >= 0.3 is 0 Å². The van der Waals surface area contributed by atoms with Crippen molar-refractivity contribution < 1.29 is 0 Å². The van der Waals surface area contributed by atoms with Crippen molar-refractivity contribution in [3.8, 4) is 0 Å². The van der Waals surface area contributed by atoms with Gasteiger partial charge in [-0.2, -0.15) is 5.10 Å². The number of nitrogens with zero attached hydrogens (tertiary/aromatic N) is 2. The normalized spacial score (nSPS) is 14.8. The lowest BCUT2D eigenvalue weighted by Gasteiger charge is -2.26. The number of hydrogen-bond acceptors (Lipinski definition) is 3. The quantitative estimate of drug-likeness (QED) is 0.897. The van der Waals surface area contributed by atoms with Crippen molar-refractivity contribution in [3.63, 3.8) is 0 Å². The first-order valence-corrected chi connectivity index (χ1v) is 8.09. The van der Waals surface area contributed by atoms with Gasteiger partial charge in [-0.15, -0.1) is 11.3 Å². The van der Waals surface area contributed by atoms with Gasteiger partial charge in [0, 0.05) is 35.3 Å². The molecular weight excluding hydrogens is 266 g/mol. The molecule has 2 unspecified atom stereocenters. The molecule has 0 spiro atoms. The van der Waals surface area contributed by atoms with E-state index in [4.69, 9.17) is 0 Å². The predicted octanol–water partition coefficient (Wildman–Crippen LogP) is 4.15. The summed E-state index contributed by atoms with van der Waals surface area (Å²) >= 11 is 1.83. The lowest BCUT2D eigenvalue weighted by Crippen LogP contribution is -2.28. The topological polar surface area (TPSA) is 29.9 Å². The van der Waals surface area contributed by atoms with Crippen LogP contribution in [0.3, 0.4) is 0 Å². The second kappa shape index (κ2) is 6.10. The molecule has 0 aliphatic carbocycles. The summed E-state index contributed by atoms with van der Waals surface area (Å²) in [7, 11) is 2.01. The van der Waals surface area contributed by atoms with Crippen LogP contribution in [-0.2, 0) is 7.05 Å². The highest BCUT2D eigenvalue weighted by atomic mass is 32.1. The highest BCUT2D eigenvalue weighted by Gasteiger charge is 2.23. The van der Waals surface area contributed by atoms with E-state index in [2.05, 4.69) is 62.5 Å². The Hall–Kier alpha value is -1.13. The summed E-state index contributed by atoms with van der Waals surface area (Å²) in [4.78, 5) is 1.41. The van der Waals surface area contributed by atoms with Crippen molar-refractivity contribution in [2.75, 3.05) is 0 Å². The summed E-state index contributed by atoms with van der Waals surface area (Å²) in [6.07, 6.45) is 0. The number of aryl methyl sites for hydroxylation is 2. The molecule has 2 heterocycles. The minimum Gasteiger partial charge on any atom is -0.302 e. The Morgan fingerprint density at radius 1 is 1.25 bits per heavy atom. The standard InChI is InChI=1S/C16H25N3S/c1-10(2)16(14-8-7-9-20-14)17-11(3)15-12(4)18-19(6)13(15)5/h7-11,16-17H,1-6H3. The molecule has 0 amide bonds. The van der Waals surface area contributed by atoms with Crippen LogP contribution in [0.15, 0.2) is 17.5 Å². The zero-order chi connectivity index (χ0) is 14.9. The monoisotopic (exact) mass is 291 g/mol. The van der Waals surface area contributed by atoms with Crippen molar-refractivity contribution in [2.45, 2.75) is 46.7 Å². The van der Waals surface area contributed by atoms with Gasteiger partial charge in [0.15, 0.2) is 0 Å². The van der Waals surface area contributed by atoms with Gasteiger partial charge in [0.1, 0.15) is 0 Å². The summed E-state index contributed by atoms with van der Waals surface area (Å²) < 4.78 is 1.97. The third-order valence-corrected chi connectivity index (χ3v) is 4.90. The molecule has 110 valence electrons. The average Bonchev–Trinajstić information content (AvgIpc) is 2.96.